The third-order valence-corrected chi connectivity index (χ3v) is 4.53. The number of amides is 2. The van der Waals surface area contributed by atoms with Crippen LogP contribution in [-0.2, 0) is 11.2 Å². The summed E-state index contributed by atoms with van der Waals surface area (Å²) >= 11 is 0. The van der Waals surface area contributed by atoms with Crippen LogP contribution in [0.1, 0.15) is 32.3 Å². The van der Waals surface area contributed by atoms with Gasteiger partial charge in [-0.1, -0.05) is 30.3 Å². The van der Waals surface area contributed by atoms with Gasteiger partial charge in [-0.25, -0.2) is 4.79 Å². The number of hydrogen-bond donors (Lipinski definition) is 3. The highest BCUT2D eigenvalue weighted by molar-refractivity contribution is 5.75. The number of benzene rings is 1. The lowest BCUT2D eigenvalue weighted by Gasteiger charge is -2.45. The standard InChI is InChI=1S/C18H26N2O4/c1-18(2,24)14-11-20(12-14)17(23)19-15(8-9-16(21)22)10-13-6-4-3-5-7-13/h3-7,14-15,24H,8-12H2,1-2H3,(H,19,23)(H,21,22). The van der Waals surface area contributed by atoms with E-state index in [1.165, 1.54) is 0 Å². The zero-order valence-corrected chi connectivity index (χ0v) is 14.2. The van der Waals surface area contributed by atoms with Crippen molar-refractivity contribution in [2.45, 2.75) is 44.8 Å². The van der Waals surface area contributed by atoms with Crippen molar-refractivity contribution < 1.29 is 19.8 Å². The molecule has 0 aliphatic carbocycles. The molecule has 1 saturated heterocycles. The molecule has 1 aliphatic heterocycles. The number of carbonyl (C=O) groups is 2. The van der Waals surface area contributed by atoms with Gasteiger partial charge in [-0.2, -0.15) is 0 Å². The number of likely N-dealkylation sites (tertiary alicyclic amines) is 1. The molecule has 0 spiro atoms. The fraction of sp³-hybridized carbons (Fsp3) is 0.556. The number of carboxylic acid groups (broad SMARTS) is 1. The Labute approximate surface area is 142 Å². The summed E-state index contributed by atoms with van der Waals surface area (Å²) in [5.41, 5.74) is 0.273. The maximum atomic E-state index is 12.3. The topological polar surface area (TPSA) is 89.9 Å². The monoisotopic (exact) mass is 334 g/mol. The van der Waals surface area contributed by atoms with E-state index in [2.05, 4.69) is 5.32 Å². The minimum atomic E-state index is -0.867. The average molecular weight is 334 g/mol. The van der Waals surface area contributed by atoms with Crippen molar-refractivity contribution in [1.82, 2.24) is 10.2 Å². The molecule has 0 radical (unpaired) electrons. The molecule has 2 amide bonds. The summed E-state index contributed by atoms with van der Waals surface area (Å²) in [6.07, 6.45) is 1.01. The molecular weight excluding hydrogens is 308 g/mol. The molecule has 1 heterocycles. The summed E-state index contributed by atoms with van der Waals surface area (Å²) < 4.78 is 0. The van der Waals surface area contributed by atoms with E-state index in [1.807, 2.05) is 30.3 Å². The van der Waals surface area contributed by atoms with Gasteiger partial charge >= 0.3 is 12.0 Å². The van der Waals surface area contributed by atoms with Crippen molar-refractivity contribution in [3.8, 4) is 0 Å². The zero-order chi connectivity index (χ0) is 17.7. The number of nitrogens with one attached hydrogen (secondary N) is 1. The Balaban J connectivity index is 1.90. The van der Waals surface area contributed by atoms with E-state index < -0.39 is 11.6 Å². The van der Waals surface area contributed by atoms with Crippen molar-refractivity contribution in [2.24, 2.45) is 5.92 Å². The molecule has 6 nitrogen and oxygen atoms in total. The lowest BCUT2D eigenvalue weighted by molar-refractivity contribution is -0.137. The van der Waals surface area contributed by atoms with E-state index in [0.717, 1.165) is 5.56 Å². The highest BCUT2D eigenvalue weighted by atomic mass is 16.4. The second-order valence-corrected chi connectivity index (χ2v) is 7.02. The van der Waals surface area contributed by atoms with E-state index in [9.17, 15) is 14.7 Å². The van der Waals surface area contributed by atoms with Crippen LogP contribution in [0.4, 0.5) is 4.79 Å². The third kappa shape index (κ3) is 5.23. The second kappa shape index (κ2) is 7.66. The lowest BCUT2D eigenvalue weighted by atomic mass is 9.85. The lowest BCUT2D eigenvalue weighted by Crippen LogP contribution is -2.61. The minimum Gasteiger partial charge on any atom is -0.481 e. The molecule has 24 heavy (non-hydrogen) atoms. The Morgan fingerprint density at radius 2 is 1.92 bits per heavy atom. The van der Waals surface area contributed by atoms with Crippen LogP contribution in [0, 0.1) is 5.92 Å². The van der Waals surface area contributed by atoms with Gasteiger partial charge in [-0.05, 0) is 32.3 Å². The molecule has 1 aromatic carbocycles. The average Bonchev–Trinajstić information content (AvgIpc) is 2.42. The Kier molecular flexibility index (Phi) is 5.83. The Morgan fingerprint density at radius 3 is 2.46 bits per heavy atom. The SMILES string of the molecule is CC(C)(O)C1CN(C(=O)NC(CCC(=O)O)Cc2ccccc2)C1. The molecule has 2 rings (SSSR count). The van der Waals surface area contributed by atoms with Gasteiger partial charge in [0, 0.05) is 31.5 Å². The number of carbonyl (C=O) groups excluding carboxylic acids is 1. The van der Waals surface area contributed by atoms with Crippen LogP contribution in [0.5, 0.6) is 0 Å². The van der Waals surface area contributed by atoms with E-state index in [1.54, 1.807) is 18.7 Å². The molecule has 0 aromatic heterocycles. The number of urea groups is 1. The Morgan fingerprint density at radius 1 is 1.29 bits per heavy atom. The van der Waals surface area contributed by atoms with E-state index in [0.29, 0.717) is 25.9 Å². The van der Waals surface area contributed by atoms with Crippen LogP contribution in [0.15, 0.2) is 30.3 Å². The first-order valence-electron chi connectivity index (χ1n) is 8.29. The van der Waals surface area contributed by atoms with Gasteiger partial charge in [-0.3, -0.25) is 4.79 Å². The van der Waals surface area contributed by atoms with Crippen molar-refractivity contribution in [3.05, 3.63) is 35.9 Å². The van der Waals surface area contributed by atoms with Gasteiger partial charge in [0.25, 0.3) is 0 Å². The first kappa shape index (κ1) is 18.3. The molecule has 1 fully saturated rings. The third-order valence-electron chi connectivity index (χ3n) is 4.53. The van der Waals surface area contributed by atoms with Crippen LogP contribution < -0.4 is 5.32 Å². The predicted octanol–water partition coefficient (Wildman–Crippen LogP) is 1.87. The number of carboxylic acids is 1. The van der Waals surface area contributed by atoms with Crippen LogP contribution in [0.3, 0.4) is 0 Å². The number of rotatable bonds is 7. The van der Waals surface area contributed by atoms with E-state index in [4.69, 9.17) is 5.11 Å². The summed E-state index contributed by atoms with van der Waals surface area (Å²) in [4.78, 5) is 24.8. The molecule has 1 unspecified atom stereocenters. The molecule has 6 heteroatoms. The summed E-state index contributed by atoms with van der Waals surface area (Å²) in [6.45, 7) is 4.54. The first-order chi connectivity index (χ1) is 11.3. The van der Waals surface area contributed by atoms with Gasteiger partial charge < -0.3 is 20.4 Å². The van der Waals surface area contributed by atoms with Gasteiger partial charge in [-0.15, -0.1) is 0 Å². The second-order valence-electron chi connectivity index (χ2n) is 7.02. The van der Waals surface area contributed by atoms with Crippen LogP contribution in [0.25, 0.3) is 0 Å². The highest BCUT2D eigenvalue weighted by Gasteiger charge is 2.40. The number of nitrogens with zero attached hydrogens (tertiary/aromatic N) is 1. The normalized spacial score (nSPS) is 16.4. The van der Waals surface area contributed by atoms with Crippen molar-refractivity contribution in [3.63, 3.8) is 0 Å². The quantitative estimate of drug-likeness (QED) is 0.710. The fourth-order valence-corrected chi connectivity index (χ4v) is 2.78. The van der Waals surface area contributed by atoms with Gasteiger partial charge in [0.2, 0.25) is 0 Å². The van der Waals surface area contributed by atoms with Gasteiger partial charge in [0.05, 0.1) is 5.60 Å². The number of aliphatic hydroxyl groups is 1. The molecule has 0 saturated carbocycles. The van der Waals surface area contributed by atoms with Crippen LogP contribution in [-0.4, -0.2) is 51.8 Å². The van der Waals surface area contributed by atoms with E-state index in [-0.39, 0.29) is 24.4 Å². The molecular formula is C18H26N2O4. The van der Waals surface area contributed by atoms with E-state index >= 15 is 0 Å². The molecule has 3 N–H and O–H groups in total. The smallest absolute Gasteiger partial charge is 0.317 e. The largest absolute Gasteiger partial charge is 0.481 e. The molecule has 0 bridgehead atoms. The number of aliphatic carboxylic acids is 1. The summed E-state index contributed by atoms with van der Waals surface area (Å²) in [6, 6.07) is 9.29. The first-order valence-corrected chi connectivity index (χ1v) is 8.29. The summed E-state index contributed by atoms with van der Waals surface area (Å²) in [7, 11) is 0. The van der Waals surface area contributed by atoms with Crippen molar-refractivity contribution in [1.29, 1.82) is 0 Å². The molecule has 132 valence electrons. The maximum absolute atomic E-state index is 12.3. The van der Waals surface area contributed by atoms with Crippen molar-refractivity contribution in [2.75, 3.05) is 13.1 Å². The van der Waals surface area contributed by atoms with Crippen molar-refractivity contribution >= 4 is 12.0 Å². The highest BCUT2D eigenvalue weighted by Crippen LogP contribution is 2.26. The predicted molar refractivity (Wildman–Crippen MR) is 90.7 cm³/mol. The zero-order valence-electron chi connectivity index (χ0n) is 14.2. The molecule has 1 aromatic rings. The molecule has 1 aliphatic rings. The minimum absolute atomic E-state index is 0.0179. The maximum Gasteiger partial charge on any atom is 0.317 e. The van der Waals surface area contributed by atoms with Crippen LogP contribution >= 0.6 is 0 Å². The number of hydrogen-bond acceptors (Lipinski definition) is 3. The summed E-state index contributed by atoms with van der Waals surface area (Å²) in [5.74, 6) is -0.789. The van der Waals surface area contributed by atoms with Crippen LogP contribution in [0.2, 0.25) is 0 Å². The van der Waals surface area contributed by atoms with Gasteiger partial charge in [0.1, 0.15) is 0 Å². The Hall–Kier alpha value is -2.08. The van der Waals surface area contributed by atoms with Gasteiger partial charge in [0.15, 0.2) is 0 Å². The fourth-order valence-electron chi connectivity index (χ4n) is 2.78. The Bertz CT molecular complexity index is 562. The summed E-state index contributed by atoms with van der Waals surface area (Å²) in [5, 5.41) is 21.8. The molecule has 1 atom stereocenters.